The highest BCUT2D eigenvalue weighted by molar-refractivity contribution is 5.40. The third-order valence-corrected chi connectivity index (χ3v) is 3.57. The molecule has 1 aromatic heterocycles. The van der Waals surface area contributed by atoms with Crippen molar-refractivity contribution in [1.82, 2.24) is 9.88 Å². The molecule has 5 nitrogen and oxygen atoms in total. The molecule has 0 unspecified atom stereocenters. The van der Waals surface area contributed by atoms with E-state index in [0.717, 1.165) is 31.2 Å². The fraction of sp³-hybridized carbons (Fsp3) is 0.643. The number of nitrogens with one attached hydrogen (secondary N) is 2. The Morgan fingerprint density at radius 2 is 2.21 bits per heavy atom. The number of nitrogens with zero attached hydrogens (tertiary/aromatic N) is 1. The first-order valence-corrected chi connectivity index (χ1v) is 6.93. The van der Waals surface area contributed by atoms with E-state index in [1.165, 1.54) is 12.8 Å². The van der Waals surface area contributed by atoms with Gasteiger partial charge in [0, 0.05) is 32.5 Å². The van der Waals surface area contributed by atoms with Gasteiger partial charge in [0.15, 0.2) is 0 Å². The van der Waals surface area contributed by atoms with Crippen molar-refractivity contribution in [2.45, 2.75) is 19.4 Å². The van der Waals surface area contributed by atoms with Gasteiger partial charge in [-0.15, -0.1) is 0 Å². The predicted molar refractivity (Wildman–Crippen MR) is 76.7 cm³/mol. The highest BCUT2D eigenvalue weighted by atomic mass is 16.5. The van der Waals surface area contributed by atoms with Gasteiger partial charge in [-0.2, -0.15) is 0 Å². The maximum atomic E-state index is 11.7. The standard InChI is InChI=1S/C14H23N3O2/c1-19-9-8-17-11-13(2-3-14(17)18)16-10-12-4-6-15-7-5-12/h2-3,11-12,15-16H,4-10H2,1H3. The third kappa shape index (κ3) is 4.36. The number of hydrogen-bond acceptors (Lipinski definition) is 4. The molecule has 2 heterocycles. The van der Waals surface area contributed by atoms with Crippen LogP contribution in [0.2, 0.25) is 0 Å². The summed E-state index contributed by atoms with van der Waals surface area (Å²) in [6.45, 7) is 4.35. The molecule has 1 aliphatic heterocycles. The van der Waals surface area contributed by atoms with Crippen LogP contribution in [-0.2, 0) is 11.3 Å². The van der Waals surface area contributed by atoms with Crippen LogP contribution in [0.25, 0.3) is 0 Å². The van der Waals surface area contributed by atoms with E-state index in [9.17, 15) is 4.79 Å². The van der Waals surface area contributed by atoms with Crippen LogP contribution in [0.15, 0.2) is 23.1 Å². The molecule has 0 saturated carbocycles. The topological polar surface area (TPSA) is 55.3 Å². The van der Waals surface area contributed by atoms with E-state index in [2.05, 4.69) is 10.6 Å². The second kappa shape index (κ2) is 7.31. The van der Waals surface area contributed by atoms with Crippen LogP contribution in [0, 0.1) is 5.92 Å². The van der Waals surface area contributed by atoms with Gasteiger partial charge < -0.3 is 19.9 Å². The van der Waals surface area contributed by atoms with Crippen LogP contribution in [0.5, 0.6) is 0 Å². The Balaban J connectivity index is 1.90. The van der Waals surface area contributed by atoms with E-state index in [1.807, 2.05) is 12.3 Å². The summed E-state index contributed by atoms with van der Waals surface area (Å²) < 4.78 is 6.70. The Bertz CT molecular complexity index is 439. The van der Waals surface area contributed by atoms with E-state index in [4.69, 9.17) is 4.74 Å². The Morgan fingerprint density at radius 1 is 1.42 bits per heavy atom. The molecule has 106 valence electrons. The van der Waals surface area contributed by atoms with Crippen LogP contribution in [0.4, 0.5) is 5.69 Å². The summed E-state index contributed by atoms with van der Waals surface area (Å²) in [4.78, 5) is 11.7. The molecular formula is C14H23N3O2. The van der Waals surface area contributed by atoms with E-state index in [-0.39, 0.29) is 5.56 Å². The summed E-state index contributed by atoms with van der Waals surface area (Å²) in [5.41, 5.74) is 1.03. The maximum Gasteiger partial charge on any atom is 0.250 e. The minimum atomic E-state index is 0.0180. The van der Waals surface area contributed by atoms with Gasteiger partial charge in [-0.3, -0.25) is 4.79 Å². The second-order valence-electron chi connectivity index (χ2n) is 5.02. The molecule has 0 spiro atoms. The van der Waals surface area contributed by atoms with E-state index < -0.39 is 0 Å². The lowest BCUT2D eigenvalue weighted by Gasteiger charge is -2.23. The lowest BCUT2D eigenvalue weighted by molar-refractivity contribution is 0.186. The molecule has 2 rings (SSSR count). The molecular weight excluding hydrogens is 242 g/mol. The molecule has 0 aliphatic carbocycles. The van der Waals surface area contributed by atoms with E-state index in [0.29, 0.717) is 13.2 Å². The second-order valence-corrected chi connectivity index (χ2v) is 5.02. The Hall–Kier alpha value is -1.33. The van der Waals surface area contributed by atoms with Crippen molar-refractivity contribution in [3.63, 3.8) is 0 Å². The fourth-order valence-corrected chi connectivity index (χ4v) is 2.35. The summed E-state index contributed by atoms with van der Waals surface area (Å²) >= 11 is 0. The van der Waals surface area contributed by atoms with Gasteiger partial charge in [0.2, 0.25) is 0 Å². The molecule has 0 aromatic carbocycles. The smallest absolute Gasteiger partial charge is 0.250 e. The van der Waals surface area contributed by atoms with Crippen molar-refractivity contribution < 1.29 is 4.74 Å². The number of aromatic nitrogens is 1. The van der Waals surface area contributed by atoms with Crippen LogP contribution in [-0.4, -0.2) is 37.9 Å². The molecule has 19 heavy (non-hydrogen) atoms. The zero-order chi connectivity index (χ0) is 13.5. The summed E-state index contributed by atoms with van der Waals surface area (Å²) in [7, 11) is 1.64. The summed E-state index contributed by atoms with van der Waals surface area (Å²) in [6.07, 6.45) is 4.31. The average molecular weight is 265 g/mol. The van der Waals surface area contributed by atoms with Gasteiger partial charge in [-0.05, 0) is 37.9 Å². The Labute approximate surface area is 114 Å². The predicted octanol–water partition coefficient (Wildman–Crippen LogP) is 0.906. The number of pyridine rings is 1. The first-order chi connectivity index (χ1) is 9.29. The third-order valence-electron chi connectivity index (χ3n) is 3.57. The Morgan fingerprint density at radius 3 is 2.95 bits per heavy atom. The van der Waals surface area contributed by atoms with Gasteiger partial charge in [-0.1, -0.05) is 0 Å². The number of piperidine rings is 1. The largest absolute Gasteiger partial charge is 0.384 e. The average Bonchev–Trinajstić information content (AvgIpc) is 2.46. The molecule has 0 bridgehead atoms. The molecule has 2 N–H and O–H groups in total. The van der Waals surface area contributed by atoms with Gasteiger partial charge >= 0.3 is 0 Å². The fourth-order valence-electron chi connectivity index (χ4n) is 2.35. The van der Waals surface area contributed by atoms with Crippen LogP contribution < -0.4 is 16.2 Å². The monoisotopic (exact) mass is 265 g/mol. The first-order valence-electron chi connectivity index (χ1n) is 6.93. The summed E-state index contributed by atoms with van der Waals surface area (Å²) in [5, 5.41) is 6.80. The van der Waals surface area contributed by atoms with Gasteiger partial charge in [-0.25, -0.2) is 0 Å². The number of hydrogen-bond donors (Lipinski definition) is 2. The van der Waals surface area contributed by atoms with Crippen molar-refractivity contribution in [3.8, 4) is 0 Å². The normalized spacial score (nSPS) is 16.5. The lowest BCUT2D eigenvalue weighted by atomic mass is 9.98. The molecule has 1 aromatic rings. The van der Waals surface area contributed by atoms with Gasteiger partial charge in [0.05, 0.1) is 12.3 Å². The number of rotatable bonds is 6. The van der Waals surface area contributed by atoms with Crippen LogP contribution >= 0.6 is 0 Å². The minimum absolute atomic E-state index is 0.0180. The van der Waals surface area contributed by atoms with E-state index in [1.54, 1.807) is 17.7 Å². The number of ether oxygens (including phenoxy) is 1. The quantitative estimate of drug-likeness (QED) is 0.802. The summed E-state index contributed by atoms with van der Waals surface area (Å²) in [5.74, 6) is 0.723. The maximum absolute atomic E-state index is 11.7. The number of methoxy groups -OCH3 is 1. The highest BCUT2D eigenvalue weighted by Crippen LogP contribution is 2.13. The Kier molecular flexibility index (Phi) is 5.42. The van der Waals surface area contributed by atoms with Gasteiger partial charge in [0.25, 0.3) is 5.56 Å². The first kappa shape index (κ1) is 14.1. The summed E-state index contributed by atoms with van der Waals surface area (Å²) in [6, 6.07) is 3.47. The molecule has 5 heteroatoms. The zero-order valence-corrected chi connectivity index (χ0v) is 11.5. The van der Waals surface area contributed by atoms with E-state index >= 15 is 0 Å². The van der Waals surface area contributed by atoms with Crippen LogP contribution in [0.1, 0.15) is 12.8 Å². The number of anilines is 1. The zero-order valence-electron chi connectivity index (χ0n) is 11.5. The van der Waals surface area contributed by atoms with Crippen molar-refractivity contribution in [2.75, 3.05) is 38.7 Å². The minimum Gasteiger partial charge on any atom is -0.384 e. The van der Waals surface area contributed by atoms with Gasteiger partial charge in [0.1, 0.15) is 0 Å². The van der Waals surface area contributed by atoms with Crippen LogP contribution in [0.3, 0.4) is 0 Å². The van der Waals surface area contributed by atoms with Crippen molar-refractivity contribution in [1.29, 1.82) is 0 Å². The molecule has 0 radical (unpaired) electrons. The lowest BCUT2D eigenvalue weighted by Crippen LogP contribution is -2.31. The molecule has 1 saturated heterocycles. The SMILES string of the molecule is COCCn1cc(NCC2CCNCC2)ccc1=O. The highest BCUT2D eigenvalue weighted by Gasteiger charge is 2.12. The molecule has 0 amide bonds. The molecule has 1 fully saturated rings. The van der Waals surface area contributed by atoms with Crippen molar-refractivity contribution in [3.05, 3.63) is 28.7 Å². The molecule has 0 atom stereocenters. The van der Waals surface area contributed by atoms with Crippen molar-refractivity contribution >= 4 is 5.69 Å². The van der Waals surface area contributed by atoms with Crippen molar-refractivity contribution in [2.24, 2.45) is 5.92 Å². The molecule has 1 aliphatic rings.